The highest BCUT2D eigenvalue weighted by Crippen LogP contribution is 2.25. The third-order valence-corrected chi connectivity index (χ3v) is 3.11. The zero-order chi connectivity index (χ0) is 14.7. The lowest BCUT2D eigenvalue weighted by molar-refractivity contribution is -0.147. The zero-order valence-electron chi connectivity index (χ0n) is 10.9. The Balaban J connectivity index is 2.31. The van der Waals surface area contributed by atoms with Crippen LogP contribution < -0.4 is 4.74 Å². The Labute approximate surface area is 115 Å². The van der Waals surface area contributed by atoms with Crippen LogP contribution in [-0.2, 0) is 9.53 Å². The van der Waals surface area contributed by atoms with Gasteiger partial charge in [-0.05, 0) is 18.2 Å². The molecule has 1 fully saturated rings. The highest BCUT2D eigenvalue weighted by atomic mass is 16.5. The average molecular weight is 281 g/mol. The topological polar surface area (TPSA) is 96.3 Å². The highest BCUT2D eigenvalue weighted by Gasteiger charge is 2.34. The van der Waals surface area contributed by atoms with Gasteiger partial charge in [0.25, 0.3) is 5.91 Å². The Hall–Kier alpha value is -2.28. The summed E-state index contributed by atoms with van der Waals surface area (Å²) in [6.45, 7) is 0.360. The van der Waals surface area contributed by atoms with Crippen molar-refractivity contribution in [2.45, 2.75) is 6.04 Å². The van der Waals surface area contributed by atoms with Gasteiger partial charge in [-0.3, -0.25) is 4.79 Å². The number of amides is 1. The van der Waals surface area contributed by atoms with Gasteiger partial charge in [0, 0.05) is 6.54 Å². The maximum atomic E-state index is 12.4. The van der Waals surface area contributed by atoms with Crippen LogP contribution in [0.2, 0.25) is 0 Å². The van der Waals surface area contributed by atoms with E-state index < -0.39 is 17.9 Å². The molecule has 0 spiro atoms. The van der Waals surface area contributed by atoms with Crippen molar-refractivity contribution in [3.05, 3.63) is 23.8 Å². The Kier molecular flexibility index (Phi) is 4.09. The fourth-order valence-electron chi connectivity index (χ4n) is 2.02. The first kappa shape index (κ1) is 14.1. The van der Waals surface area contributed by atoms with Crippen molar-refractivity contribution in [1.29, 1.82) is 0 Å². The number of carbonyl (C=O) groups is 2. The lowest BCUT2D eigenvalue weighted by Gasteiger charge is -2.33. The molecule has 2 rings (SSSR count). The number of morpholine rings is 1. The number of aromatic hydroxyl groups is 1. The summed E-state index contributed by atoms with van der Waals surface area (Å²) in [7, 11) is 1.44. The van der Waals surface area contributed by atoms with Crippen LogP contribution in [0.4, 0.5) is 0 Å². The van der Waals surface area contributed by atoms with E-state index in [-0.39, 0.29) is 31.1 Å². The van der Waals surface area contributed by atoms with Gasteiger partial charge in [-0.25, -0.2) is 4.79 Å². The largest absolute Gasteiger partial charge is 0.507 e. The molecule has 1 amide bonds. The second-order valence-electron chi connectivity index (χ2n) is 4.31. The lowest BCUT2D eigenvalue weighted by Crippen LogP contribution is -2.52. The molecule has 1 atom stereocenters. The van der Waals surface area contributed by atoms with Crippen LogP contribution in [0.3, 0.4) is 0 Å². The third-order valence-electron chi connectivity index (χ3n) is 3.11. The molecule has 0 radical (unpaired) electrons. The highest BCUT2D eigenvalue weighted by molar-refractivity contribution is 5.99. The van der Waals surface area contributed by atoms with E-state index in [2.05, 4.69) is 0 Å². The fourth-order valence-corrected chi connectivity index (χ4v) is 2.02. The predicted octanol–water partition coefficient (Wildman–Crippen LogP) is 0.326. The van der Waals surface area contributed by atoms with E-state index in [9.17, 15) is 14.7 Å². The van der Waals surface area contributed by atoms with Crippen molar-refractivity contribution >= 4 is 11.9 Å². The number of carbonyl (C=O) groups excluding carboxylic acids is 1. The molecule has 108 valence electrons. The molecule has 1 saturated heterocycles. The normalized spacial score (nSPS) is 18.6. The number of methoxy groups -OCH3 is 1. The number of carboxylic acids is 1. The summed E-state index contributed by atoms with van der Waals surface area (Å²) in [6.07, 6.45) is 0. The number of phenolic OH excluding ortho intramolecular Hbond substituents is 1. The van der Waals surface area contributed by atoms with Crippen molar-refractivity contribution in [2.75, 3.05) is 26.9 Å². The zero-order valence-corrected chi connectivity index (χ0v) is 10.9. The molecular weight excluding hydrogens is 266 g/mol. The Morgan fingerprint density at radius 2 is 2.20 bits per heavy atom. The lowest BCUT2D eigenvalue weighted by atomic mass is 10.1. The first-order valence-corrected chi connectivity index (χ1v) is 6.03. The smallest absolute Gasteiger partial charge is 0.328 e. The standard InChI is InChI=1S/C13H15NO6/c1-19-8-2-3-11(15)9(6-8)12(16)14-4-5-20-7-10(14)13(17)18/h2-3,6,10,15H,4-5,7H2,1H3,(H,17,18). The first-order chi connectivity index (χ1) is 9.54. The Morgan fingerprint density at radius 1 is 1.45 bits per heavy atom. The van der Waals surface area contributed by atoms with E-state index in [1.165, 1.54) is 30.2 Å². The Morgan fingerprint density at radius 3 is 2.85 bits per heavy atom. The molecule has 1 aliphatic rings. The van der Waals surface area contributed by atoms with Gasteiger partial charge in [0.2, 0.25) is 0 Å². The fraction of sp³-hybridized carbons (Fsp3) is 0.385. The van der Waals surface area contributed by atoms with Gasteiger partial charge < -0.3 is 24.6 Å². The molecule has 20 heavy (non-hydrogen) atoms. The Bertz CT molecular complexity index is 530. The SMILES string of the molecule is COc1ccc(O)c(C(=O)N2CCOCC2C(=O)O)c1. The first-order valence-electron chi connectivity index (χ1n) is 6.03. The third kappa shape index (κ3) is 2.67. The molecule has 1 heterocycles. The number of hydrogen-bond acceptors (Lipinski definition) is 5. The van der Waals surface area contributed by atoms with Gasteiger partial charge in [-0.15, -0.1) is 0 Å². The molecule has 0 aromatic heterocycles. The molecule has 0 saturated carbocycles. The quantitative estimate of drug-likeness (QED) is 0.828. The van der Waals surface area contributed by atoms with E-state index in [1.54, 1.807) is 0 Å². The number of aliphatic carboxylic acids is 1. The number of rotatable bonds is 3. The maximum absolute atomic E-state index is 12.4. The summed E-state index contributed by atoms with van der Waals surface area (Å²) < 4.78 is 10.1. The van der Waals surface area contributed by atoms with Crippen LogP contribution in [0.25, 0.3) is 0 Å². The van der Waals surface area contributed by atoms with Crippen LogP contribution in [0, 0.1) is 0 Å². The van der Waals surface area contributed by atoms with Crippen molar-refractivity contribution in [1.82, 2.24) is 4.90 Å². The second-order valence-corrected chi connectivity index (χ2v) is 4.31. The summed E-state index contributed by atoms with van der Waals surface area (Å²) in [4.78, 5) is 24.7. The average Bonchev–Trinajstić information content (AvgIpc) is 2.47. The number of benzene rings is 1. The number of carboxylic acid groups (broad SMARTS) is 1. The second kappa shape index (κ2) is 5.79. The van der Waals surface area contributed by atoms with Crippen LogP contribution in [0.15, 0.2) is 18.2 Å². The molecule has 7 heteroatoms. The van der Waals surface area contributed by atoms with Crippen molar-refractivity contribution in [3.8, 4) is 11.5 Å². The summed E-state index contributed by atoms with van der Waals surface area (Å²) in [5.74, 6) is -1.50. The van der Waals surface area contributed by atoms with E-state index in [0.29, 0.717) is 5.75 Å². The molecule has 7 nitrogen and oxygen atoms in total. The molecule has 1 aromatic carbocycles. The van der Waals surface area contributed by atoms with Crippen molar-refractivity contribution < 1.29 is 29.3 Å². The number of ether oxygens (including phenoxy) is 2. The van der Waals surface area contributed by atoms with E-state index >= 15 is 0 Å². The molecular formula is C13H15NO6. The summed E-state index contributed by atoms with van der Waals surface area (Å²) in [5.41, 5.74) is 0.0116. The predicted molar refractivity (Wildman–Crippen MR) is 67.9 cm³/mol. The molecule has 0 bridgehead atoms. The van der Waals surface area contributed by atoms with Gasteiger partial charge in [-0.2, -0.15) is 0 Å². The number of phenols is 1. The molecule has 1 aliphatic heterocycles. The van der Waals surface area contributed by atoms with Gasteiger partial charge in [0.1, 0.15) is 11.5 Å². The minimum Gasteiger partial charge on any atom is -0.507 e. The molecule has 2 N–H and O–H groups in total. The van der Waals surface area contributed by atoms with E-state index in [4.69, 9.17) is 14.6 Å². The summed E-state index contributed by atoms with van der Waals surface area (Å²) >= 11 is 0. The molecule has 0 aliphatic carbocycles. The summed E-state index contributed by atoms with van der Waals surface area (Å²) in [5, 5.41) is 18.9. The van der Waals surface area contributed by atoms with Gasteiger partial charge in [0.05, 0.1) is 25.9 Å². The minimum absolute atomic E-state index is 0.0116. The van der Waals surface area contributed by atoms with Crippen LogP contribution >= 0.6 is 0 Å². The number of hydrogen-bond donors (Lipinski definition) is 2. The van der Waals surface area contributed by atoms with Gasteiger partial charge in [-0.1, -0.05) is 0 Å². The van der Waals surface area contributed by atoms with Crippen LogP contribution in [-0.4, -0.2) is 59.9 Å². The van der Waals surface area contributed by atoms with Crippen LogP contribution in [0.5, 0.6) is 11.5 Å². The van der Waals surface area contributed by atoms with Crippen molar-refractivity contribution in [2.24, 2.45) is 0 Å². The van der Waals surface area contributed by atoms with E-state index in [1.807, 2.05) is 0 Å². The monoisotopic (exact) mass is 281 g/mol. The van der Waals surface area contributed by atoms with Gasteiger partial charge in [0.15, 0.2) is 6.04 Å². The number of nitrogens with zero attached hydrogens (tertiary/aromatic N) is 1. The molecule has 1 unspecified atom stereocenters. The van der Waals surface area contributed by atoms with Crippen LogP contribution in [0.1, 0.15) is 10.4 Å². The molecule has 1 aromatic rings. The maximum Gasteiger partial charge on any atom is 0.328 e. The van der Waals surface area contributed by atoms with Crippen molar-refractivity contribution in [3.63, 3.8) is 0 Å². The minimum atomic E-state index is -1.14. The summed E-state index contributed by atoms with van der Waals surface area (Å²) in [6, 6.07) is 3.18. The van der Waals surface area contributed by atoms with Gasteiger partial charge >= 0.3 is 5.97 Å². The van der Waals surface area contributed by atoms with E-state index in [0.717, 1.165) is 0 Å².